The fourth-order valence-electron chi connectivity index (χ4n) is 6.14. The third-order valence-corrected chi connectivity index (χ3v) is 7.55. The van der Waals surface area contributed by atoms with Gasteiger partial charge in [0.05, 0.1) is 29.3 Å². The Bertz CT molecular complexity index is 1660. The minimum Gasteiger partial charge on any atom is -0.396 e. The quantitative estimate of drug-likeness (QED) is 0.415. The fraction of sp³-hybridized carbons (Fsp3) is 0.321. The van der Waals surface area contributed by atoms with Crippen LogP contribution in [0.25, 0.3) is 43.6 Å². The van der Waals surface area contributed by atoms with Crippen molar-refractivity contribution in [2.45, 2.75) is 46.2 Å². The Hall–Kier alpha value is -3.35. The van der Waals surface area contributed by atoms with Crippen LogP contribution in [0.4, 0.5) is 0 Å². The van der Waals surface area contributed by atoms with Gasteiger partial charge in [-0.15, -0.1) is 0 Å². The van der Waals surface area contributed by atoms with E-state index in [0.717, 1.165) is 50.6 Å². The molecule has 0 spiro atoms. The van der Waals surface area contributed by atoms with Crippen LogP contribution in [0.15, 0.2) is 42.5 Å². The lowest BCUT2D eigenvalue weighted by molar-refractivity contribution is 0.0658. The van der Waals surface area contributed by atoms with Crippen molar-refractivity contribution in [2.75, 3.05) is 6.61 Å². The molecule has 1 unspecified atom stereocenters. The highest BCUT2D eigenvalue weighted by atomic mass is 16.5. The molecule has 34 heavy (non-hydrogen) atoms. The van der Waals surface area contributed by atoms with E-state index in [9.17, 15) is 9.90 Å². The van der Waals surface area contributed by atoms with Crippen molar-refractivity contribution >= 4 is 49.5 Å². The number of amides is 1. The van der Waals surface area contributed by atoms with Gasteiger partial charge in [0.25, 0.3) is 5.91 Å². The highest BCUT2D eigenvalue weighted by Crippen LogP contribution is 2.46. The first-order valence-corrected chi connectivity index (χ1v) is 12.1. The number of aromatic nitrogens is 2. The number of nitrogens with one attached hydrogen (secondary N) is 1. The maximum absolute atomic E-state index is 13.3. The third-order valence-electron chi connectivity index (χ3n) is 7.55. The van der Waals surface area contributed by atoms with Gasteiger partial charge < -0.3 is 24.3 Å². The Morgan fingerprint density at radius 3 is 2.53 bits per heavy atom. The number of hydrogen-bond acceptors (Lipinski definition) is 3. The Labute approximate surface area is 196 Å². The SMILES string of the molecule is CC(C)OCc1ccc2c(c1)c1c3c(c4c5ccccc5n5c4c1n2CC(CO)C5)CNC3=O. The molecule has 0 saturated heterocycles. The molecule has 2 aliphatic rings. The molecule has 1 atom stereocenters. The number of benzene rings is 3. The van der Waals surface area contributed by atoms with E-state index in [1.54, 1.807) is 0 Å². The summed E-state index contributed by atoms with van der Waals surface area (Å²) in [4.78, 5) is 13.3. The Kier molecular flexibility index (Phi) is 4.17. The molecule has 0 aliphatic carbocycles. The van der Waals surface area contributed by atoms with Gasteiger partial charge in [0, 0.05) is 64.7 Å². The number of ether oxygens (including phenoxy) is 1. The van der Waals surface area contributed by atoms with E-state index in [1.807, 2.05) is 13.8 Å². The van der Waals surface area contributed by atoms with E-state index in [-0.39, 0.29) is 24.5 Å². The molecule has 2 N–H and O–H groups in total. The van der Waals surface area contributed by atoms with Gasteiger partial charge in [0.1, 0.15) is 0 Å². The molecule has 2 aromatic heterocycles. The first kappa shape index (κ1) is 20.1. The maximum atomic E-state index is 13.3. The van der Waals surface area contributed by atoms with E-state index < -0.39 is 0 Å². The molecule has 0 radical (unpaired) electrons. The highest BCUT2D eigenvalue weighted by molar-refractivity contribution is 6.30. The first-order valence-electron chi connectivity index (χ1n) is 12.1. The van der Waals surface area contributed by atoms with Gasteiger partial charge in [-0.1, -0.05) is 24.3 Å². The van der Waals surface area contributed by atoms with Crippen LogP contribution < -0.4 is 5.32 Å². The number of carbonyl (C=O) groups excluding carboxylic acids is 1. The van der Waals surface area contributed by atoms with Gasteiger partial charge in [-0.2, -0.15) is 0 Å². The van der Waals surface area contributed by atoms with Crippen LogP contribution >= 0.6 is 0 Å². The summed E-state index contributed by atoms with van der Waals surface area (Å²) in [5, 5.41) is 17.9. The topological polar surface area (TPSA) is 68.4 Å². The normalized spacial score (nSPS) is 17.5. The summed E-state index contributed by atoms with van der Waals surface area (Å²) in [5.41, 5.74) is 7.55. The lowest BCUT2D eigenvalue weighted by Gasteiger charge is -2.15. The van der Waals surface area contributed by atoms with E-state index in [1.165, 1.54) is 16.3 Å². The zero-order chi connectivity index (χ0) is 23.1. The molecular weight excluding hydrogens is 426 g/mol. The van der Waals surface area contributed by atoms with Crippen LogP contribution in [0.1, 0.15) is 35.3 Å². The van der Waals surface area contributed by atoms with Gasteiger partial charge in [0.2, 0.25) is 0 Å². The monoisotopic (exact) mass is 453 g/mol. The summed E-state index contributed by atoms with van der Waals surface area (Å²) in [5.74, 6) is 0.0809. The zero-order valence-electron chi connectivity index (χ0n) is 19.4. The summed E-state index contributed by atoms with van der Waals surface area (Å²) in [7, 11) is 0. The highest BCUT2D eigenvalue weighted by Gasteiger charge is 2.34. The second-order valence-electron chi connectivity index (χ2n) is 9.98. The zero-order valence-corrected chi connectivity index (χ0v) is 19.4. The first-order chi connectivity index (χ1) is 16.6. The van der Waals surface area contributed by atoms with Gasteiger partial charge in [-0.3, -0.25) is 4.79 Å². The Balaban J connectivity index is 1.70. The van der Waals surface area contributed by atoms with E-state index in [0.29, 0.717) is 19.7 Å². The summed E-state index contributed by atoms with van der Waals surface area (Å²) in [6.07, 6.45) is 0.151. The number of aliphatic hydroxyl groups excluding tert-OH is 1. The average molecular weight is 454 g/mol. The Morgan fingerprint density at radius 1 is 1.03 bits per heavy atom. The molecule has 3 aromatic carbocycles. The number of rotatable bonds is 4. The van der Waals surface area contributed by atoms with Crippen molar-refractivity contribution in [3.63, 3.8) is 0 Å². The largest absolute Gasteiger partial charge is 0.396 e. The summed E-state index contributed by atoms with van der Waals surface area (Å²) in [6, 6.07) is 14.9. The molecule has 0 fully saturated rings. The second kappa shape index (κ2) is 7.08. The second-order valence-corrected chi connectivity index (χ2v) is 9.98. The fourth-order valence-corrected chi connectivity index (χ4v) is 6.14. The molecule has 6 nitrogen and oxygen atoms in total. The minimum absolute atomic E-state index is 0.000398. The summed E-state index contributed by atoms with van der Waals surface area (Å²) in [6.45, 7) is 6.74. The molecule has 1 amide bonds. The standard InChI is InChI=1S/C28H27N3O3/c1-15(2)34-14-16-7-8-22-19(9-16)24-25-20(10-29-28(25)33)23-18-5-3-4-6-21(18)30-11-17(13-32)12-31(22)27(24)26(23)30/h3-9,15,17,32H,10-14H2,1-2H3,(H,29,33). The van der Waals surface area contributed by atoms with Crippen LogP contribution in [0, 0.1) is 5.92 Å². The predicted molar refractivity (Wildman–Crippen MR) is 134 cm³/mol. The molecule has 4 heterocycles. The summed E-state index contributed by atoms with van der Waals surface area (Å²) < 4.78 is 10.6. The van der Waals surface area contributed by atoms with Crippen LogP contribution in [-0.4, -0.2) is 32.9 Å². The van der Waals surface area contributed by atoms with Crippen molar-refractivity contribution < 1.29 is 14.6 Å². The number of aliphatic hydroxyl groups is 1. The van der Waals surface area contributed by atoms with Gasteiger partial charge >= 0.3 is 0 Å². The Morgan fingerprint density at radius 2 is 1.76 bits per heavy atom. The molecule has 0 saturated carbocycles. The molecule has 0 bridgehead atoms. The van der Waals surface area contributed by atoms with Crippen molar-refractivity contribution in [3.05, 3.63) is 59.2 Å². The van der Waals surface area contributed by atoms with E-state index >= 15 is 0 Å². The number of fused-ring (bicyclic) bond motifs is 9. The van der Waals surface area contributed by atoms with E-state index in [2.05, 4.69) is 56.9 Å². The van der Waals surface area contributed by atoms with Crippen LogP contribution in [0.3, 0.4) is 0 Å². The number of para-hydroxylation sites is 1. The lowest BCUT2D eigenvalue weighted by atomic mass is 9.96. The van der Waals surface area contributed by atoms with Gasteiger partial charge in [-0.05, 0) is 43.2 Å². The number of nitrogens with zero attached hydrogens (tertiary/aromatic N) is 2. The van der Waals surface area contributed by atoms with Gasteiger partial charge in [-0.25, -0.2) is 0 Å². The molecule has 2 aliphatic heterocycles. The minimum atomic E-state index is -0.000398. The van der Waals surface area contributed by atoms with Crippen molar-refractivity contribution in [2.24, 2.45) is 5.92 Å². The summed E-state index contributed by atoms with van der Waals surface area (Å²) >= 11 is 0. The lowest BCUT2D eigenvalue weighted by Crippen LogP contribution is -2.18. The maximum Gasteiger partial charge on any atom is 0.252 e. The van der Waals surface area contributed by atoms with E-state index in [4.69, 9.17) is 4.74 Å². The average Bonchev–Trinajstić information content (AvgIpc) is 3.43. The number of hydrogen-bond donors (Lipinski definition) is 2. The van der Waals surface area contributed by atoms with Crippen molar-refractivity contribution in [1.29, 1.82) is 0 Å². The predicted octanol–water partition coefficient (Wildman–Crippen LogP) is 4.69. The molecule has 172 valence electrons. The molecular formula is C28H27N3O3. The molecule has 5 aromatic rings. The van der Waals surface area contributed by atoms with Crippen molar-refractivity contribution in [3.8, 4) is 0 Å². The van der Waals surface area contributed by atoms with Crippen LogP contribution in [0.5, 0.6) is 0 Å². The third kappa shape index (κ3) is 2.55. The van der Waals surface area contributed by atoms with Crippen molar-refractivity contribution in [1.82, 2.24) is 14.5 Å². The smallest absolute Gasteiger partial charge is 0.252 e. The molecule has 7 rings (SSSR count). The van der Waals surface area contributed by atoms with Crippen LogP contribution in [-0.2, 0) is 31.0 Å². The van der Waals surface area contributed by atoms with Gasteiger partial charge in [0.15, 0.2) is 0 Å². The molecule has 6 heteroatoms. The van der Waals surface area contributed by atoms with Crippen LogP contribution in [0.2, 0.25) is 0 Å². The number of carbonyl (C=O) groups is 1.